The van der Waals surface area contributed by atoms with Crippen LogP contribution in [0.3, 0.4) is 0 Å². The molecule has 1 N–H and O–H groups in total. The largest absolute Gasteiger partial charge is 0.306 e. The zero-order chi connectivity index (χ0) is 11.8. The van der Waals surface area contributed by atoms with Gasteiger partial charge in [0.1, 0.15) is 0 Å². The molecular weight excluding hydrogens is 194 g/mol. The zero-order valence-electron chi connectivity index (χ0n) is 10.5. The summed E-state index contributed by atoms with van der Waals surface area (Å²) in [6.07, 6.45) is 1.14. The molecule has 0 saturated heterocycles. The number of benzene rings is 1. The van der Waals surface area contributed by atoms with Crippen LogP contribution in [-0.2, 0) is 6.42 Å². The fourth-order valence-electron chi connectivity index (χ4n) is 1.53. The van der Waals surface area contributed by atoms with Crippen molar-refractivity contribution in [1.82, 2.24) is 5.32 Å². The fourth-order valence-corrected chi connectivity index (χ4v) is 1.53. The second-order valence-corrected chi connectivity index (χ2v) is 4.38. The van der Waals surface area contributed by atoms with Gasteiger partial charge in [-0.15, -0.1) is 0 Å². The minimum Gasteiger partial charge on any atom is -0.306 e. The smallest absolute Gasteiger partial charge is 0.0580 e. The lowest BCUT2D eigenvalue weighted by Crippen LogP contribution is -2.11. The van der Waals surface area contributed by atoms with Crippen LogP contribution in [-0.4, -0.2) is 13.1 Å². The first-order chi connectivity index (χ1) is 7.72. The molecule has 0 radical (unpaired) electrons. The van der Waals surface area contributed by atoms with E-state index < -0.39 is 0 Å². The summed E-state index contributed by atoms with van der Waals surface area (Å²) in [5.41, 5.74) is 2.50. The van der Waals surface area contributed by atoms with E-state index in [4.69, 9.17) is 0 Å². The minimum atomic E-state index is 0.714. The highest BCUT2D eigenvalue weighted by molar-refractivity contribution is 5.36. The van der Waals surface area contributed by atoms with Gasteiger partial charge in [-0.05, 0) is 36.6 Å². The Balaban J connectivity index is 2.53. The molecule has 0 saturated carbocycles. The average molecular weight is 215 g/mol. The van der Waals surface area contributed by atoms with Crippen LogP contribution in [0.5, 0.6) is 0 Å². The van der Waals surface area contributed by atoms with Crippen molar-refractivity contribution >= 4 is 0 Å². The Morgan fingerprint density at radius 3 is 2.44 bits per heavy atom. The summed E-state index contributed by atoms with van der Waals surface area (Å²) in [5, 5.41) is 3.18. The molecule has 1 aromatic rings. The predicted molar refractivity (Wildman–Crippen MR) is 70.4 cm³/mol. The van der Waals surface area contributed by atoms with Crippen molar-refractivity contribution in [2.45, 2.75) is 27.2 Å². The summed E-state index contributed by atoms with van der Waals surface area (Å²) in [7, 11) is 0. The Kier molecular flexibility index (Phi) is 5.67. The lowest BCUT2D eigenvalue weighted by molar-refractivity contribution is 0.647. The van der Waals surface area contributed by atoms with Crippen LogP contribution >= 0.6 is 0 Å². The van der Waals surface area contributed by atoms with E-state index in [2.05, 4.69) is 62.2 Å². The van der Waals surface area contributed by atoms with E-state index in [9.17, 15) is 0 Å². The molecule has 16 heavy (non-hydrogen) atoms. The molecule has 0 aliphatic rings. The number of nitrogens with one attached hydrogen (secondary N) is 1. The fraction of sp³-hybridized carbons (Fsp3) is 0.467. The number of hydrogen-bond donors (Lipinski definition) is 1. The van der Waals surface area contributed by atoms with E-state index in [0.717, 1.165) is 25.1 Å². The molecule has 0 aromatic heterocycles. The molecule has 0 amide bonds. The molecule has 0 unspecified atom stereocenters. The van der Waals surface area contributed by atoms with E-state index in [1.807, 2.05) is 0 Å². The second-order valence-electron chi connectivity index (χ2n) is 4.38. The first-order valence-corrected chi connectivity index (χ1v) is 6.01. The molecule has 0 aliphatic heterocycles. The highest BCUT2D eigenvalue weighted by Crippen LogP contribution is 2.08. The van der Waals surface area contributed by atoms with Gasteiger partial charge in [-0.25, -0.2) is 0 Å². The summed E-state index contributed by atoms with van der Waals surface area (Å²) in [6.45, 7) is 8.31. The Labute approximate surface area is 99.3 Å². The molecule has 0 atom stereocenters. The molecule has 1 nitrogen and oxygen atoms in total. The summed E-state index contributed by atoms with van der Waals surface area (Å²) in [5.74, 6) is 6.96. The van der Waals surface area contributed by atoms with Crippen LogP contribution in [0.25, 0.3) is 0 Å². The summed E-state index contributed by atoms with van der Waals surface area (Å²) in [6, 6.07) is 8.57. The van der Waals surface area contributed by atoms with Crippen molar-refractivity contribution in [2.75, 3.05) is 13.1 Å². The highest BCUT2D eigenvalue weighted by Gasteiger charge is 1.96. The van der Waals surface area contributed by atoms with Gasteiger partial charge in [0.15, 0.2) is 0 Å². The Morgan fingerprint density at radius 2 is 1.88 bits per heavy atom. The monoisotopic (exact) mass is 215 g/mol. The molecule has 0 heterocycles. The molecule has 86 valence electrons. The third-order valence-electron chi connectivity index (χ3n) is 2.29. The predicted octanol–water partition coefficient (Wildman–Crippen LogP) is 2.85. The van der Waals surface area contributed by atoms with Crippen molar-refractivity contribution < 1.29 is 0 Å². The van der Waals surface area contributed by atoms with Gasteiger partial charge >= 0.3 is 0 Å². The standard InChI is InChI=1S/C15H21N/c1-4-16-11-5-6-14-7-9-15(10-8-14)12-13(2)3/h7-10,13,16H,4,11-12H2,1-3H3. The highest BCUT2D eigenvalue weighted by atomic mass is 14.8. The maximum Gasteiger partial charge on any atom is 0.0580 e. The van der Waals surface area contributed by atoms with Crippen LogP contribution in [0, 0.1) is 17.8 Å². The summed E-state index contributed by atoms with van der Waals surface area (Å²) < 4.78 is 0. The van der Waals surface area contributed by atoms with Crippen LogP contribution in [0.15, 0.2) is 24.3 Å². The third kappa shape index (κ3) is 5.00. The van der Waals surface area contributed by atoms with Gasteiger partial charge in [0.2, 0.25) is 0 Å². The van der Waals surface area contributed by atoms with Gasteiger partial charge in [-0.2, -0.15) is 0 Å². The van der Waals surface area contributed by atoms with Gasteiger partial charge < -0.3 is 5.32 Å². The molecule has 0 fully saturated rings. The van der Waals surface area contributed by atoms with Crippen molar-refractivity contribution in [3.63, 3.8) is 0 Å². The van der Waals surface area contributed by atoms with E-state index >= 15 is 0 Å². The van der Waals surface area contributed by atoms with Gasteiger partial charge in [0, 0.05) is 5.56 Å². The van der Waals surface area contributed by atoms with Gasteiger partial charge in [0.25, 0.3) is 0 Å². The molecule has 1 rings (SSSR count). The van der Waals surface area contributed by atoms with E-state index in [-0.39, 0.29) is 0 Å². The van der Waals surface area contributed by atoms with Crippen LogP contribution in [0.4, 0.5) is 0 Å². The first kappa shape index (κ1) is 12.8. The van der Waals surface area contributed by atoms with Crippen molar-refractivity contribution in [1.29, 1.82) is 0 Å². The Morgan fingerprint density at radius 1 is 1.19 bits per heavy atom. The molecular formula is C15H21N. The van der Waals surface area contributed by atoms with Gasteiger partial charge in [-0.3, -0.25) is 0 Å². The maximum absolute atomic E-state index is 3.18. The Hall–Kier alpha value is -1.26. The van der Waals surface area contributed by atoms with E-state index in [0.29, 0.717) is 5.92 Å². The maximum atomic E-state index is 3.18. The summed E-state index contributed by atoms with van der Waals surface area (Å²) >= 11 is 0. The van der Waals surface area contributed by atoms with E-state index in [1.165, 1.54) is 5.56 Å². The van der Waals surface area contributed by atoms with Crippen molar-refractivity contribution in [3.05, 3.63) is 35.4 Å². The zero-order valence-corrected chi connectivity index (χ0v) is 10.5. The number of hydrogen-bond acceptors (Lipinski definition) is 1. The molecule has 0 aliphatic carbocycles. The minimum absolute atomic E-state index is 0.714. The lowest BCUT2D eigenvalue weighted by atomic mass is 10.0. The lowest BCUT2D eigenvalue weighted by Gasteiger charge is -2.04. The van der Waals surface area contributed by atoms with Crippen LogP contribution in [0.2, 0.25) is 0 Å². The average Bonchev–Trinajstić information content (AvgIpc) is 2.26. The second kappa shape index (κ2) is 7.09. The van der Waals surface area contributed by atoms with Crippen LogP contribution in [0.1, 0.15) is 31.9 Å². The van der Waals surface area contributed by atoms with Crippen molar-refractivity contribution in [3.8, 4) is 11.8 Å². The topological polar surface area (TPSA) is 12.0 Å². The van der Waals surface area contributed by atoms with E-state index in [1.54, 1.807) is 0 Å². The first-order valence-electron chi connectivity index (χ1n) is 6.01. The third-order valence-corrected chi connectivity index (χ3v) is 2.29. The Bertz CT molecular complexity index is 351. The number of rotatable bonds is 4. The molecule has 0 spiro atoms. The van der Waals surface area contributed by atoms with Gasteiger partial charge in [-0.1, -0.05) is 44.7 Å². The van der Waals surface area contributed by atoms with Gasteiger partial charge in [0.05, 0.1) is 6.54 Å². The molecule has 1 heteroatoms. The SMILES string of the molecule is CCNCC#Cc1ccc(CC(C)C)cc1. The molecule has 1 aromatic carbocycles. The molecule has 0 bridgehead atoms. The van der Waals surface area contributed by atoms with Crippen LogP contribution < -0.4 is 5.32 Å². The van der Waals surface area contributed by atoms with Crippen molar-refractivity contribution in [2.24, 2.45) is 5.92 Å². The quantitative estimate of drug-likeness (QED) is 0.601. The summed E-state index contributed by atoms with van der Waals surface area (Å²) in [4.78, 5) is 0. The normalized spacial score (nSPS) is 10.0.